The molecule has 1 aromatic rings. The molecule has 4 nitrogen and oxygen atoms in total. The van der Waals surface area contributed by atoms with E-state index < -0.39 is 17.8 Å². The summed E-state index contributed by atoms with van der Waals surface area (Å²) < 4.78 is 48.5. The third-order valence-corrected chi connectivity index (χ3v) is 2.61. The summed E-state index contributed by atoms with van der Waals surface area (Å²) in [5.41, 5.74) is 4.59. The zero-order chi connectivity index (χ0) is 13.3. The summed E-state index contributed by atoms with van der Waals surface area (Å²) >= 11 is 0. The Balaban J connectivity index is 2.56. The van der Waals surface area contributed by atoms with Gasteiger partial charge in [0.1, 0.15) is 18.8 Å². The molecule has 0 saturated heterocycles. The van der Waals surface area contributed by atoms with Crippen molar-refractivity contribution in [3.8, 4) is 11.5 Å². The van der Waals surface area contributed by atoms with E-state index in [4.69, 9.17) is 15.2 Å². The summed E-state index contributed by atoms with van der Waals surface area (Å²) in [4.78, 5) is 0. The summed E-state index contributed by atoms with van der Waals surface area (Å²) in [6.45, 7) is 0.0675. The minimum Gasteiger partial charge on any atom is -0.486 e. The molecule has 18 heavy (non-hydrogen) atoms. The monoisotopic (exact) mass is 263 g/mol. The maximum absolute atomic E-state index is 12.8. The number of aliphatic hydroxyl groups is 1. The zero-order valence-corrected chi connectivity index (χ0v) is 9.33. The molecule has 1 aromatic carbocycles. The SMILES string of the molecule is NCC(O)c1ccc(C(F)(F)F)c2c1OCCO2. The second-order valence-electron chi connectivity index (χ2n) is 3.81. The van der Waals surface area contributed by atoms with Gasteiger partial charge in [-0.2, -0.15) is 13.2 Å². The Morgan fingerprint density at radius 1 is 1.22 bits per heavy atom. The smallest absolute Gasteiger partial charge is 0.420 e. The Morgan fingerprint density at radius 2 is 1.83 bits per heavy atom. The number of hydrogen-bond donors (Lipinski definition) is 2. The molecule has 3 N–H and O–H groups in total. The number of benzene rings is 1. The van der Waals surface area contributed by atoms with Crippen molar-refractivity contribution < 1.29 is 27.8 Å². The second kappa shape index (κ2) is 4.66. The van der Waals surface area contributed by atoms with E-state index in [9.17, 15) is 18.3 Å². The Labute approximate surface area is 101 Å². The van der Waals surface area contributed by atoms with Crippen LogP contribution in [-0.4, -0.2) is 24.9 Å². The van der Waals surface area contributed by atoms with Gasteiger partial charge in [0.25, 0.3) is 0 Å². The van der Waals surface area contributed by atoms with E-state index in [1.165, 1.54) is 0 Å². The van der Waals surface area contributed by atoms with Crippen LogP contribution in [0.5, 0.6) is 11.5 Å². The highest BCUT2D eigenvalue weighted by Gasteiger charge is 2.38. The average Bonchev–Trinajstić information content (AvgIpc) is 2.35. The maximum atomic E-state index is 12.8. The third kappa shape index (κ3) is 2.23. The molecule has 0 spiro atoms. The predicted molar refractivity (Wildman–Crippen MR) is 56.4 cm³/mol. The highest BCUT2D eigenvalue weighted by Crippen LogP contribution is 2.46. The Hall–Kier alpha value is -1.47. The van der Waals surface area contributed by atoms with Crippen LogP contribution in [0.25, 0.3) is 0 Å². The molecule has 1 unspecified atom stereocenters. The number of nitrogens with two attached hydrogens (primary N) is 1. The normalized spacial score (nSPS) is 16.5. The molecule has 0 radical (unpaired) electrons. The van der Waals surface area contributed by atoms with Crippen molar-refractivity contribution in [2.45, 2.75) is 12.3 Å². The number of ether oxygens (including phenoxy) is 2. The van der Waals surface area contributed by atoms with E-state index in [0.717, 1.165) is 12.1 Å². The first-order chi connectivity index (χ1) is 8.45. The molecule has 100 valence electrons. The molecule has 0 fully saturated rings. The Kier molecular flexibility index (Phi) is 3.36. The lowest BCUT2D eigenvalue weighted by atomic mass is 10.0. The van der Waals surface area contributed by atoms with E-state index in [-0.39, 0.29) is 36.8 Å². The molecule has 0 aromatic heterocycles. The second-order valence-corrected chi connectivity index (χ2v) is 3.81. The van der Waals surface area contributed by atoms with Gasteiger partial charge in [0, 0.05) is 12.1 Å². The lowest BCUT2D eigenvalue weighted by molar-refractivity contribution is -0.139. The summed E-state index contributed by atoms with van der Waals surface area (Å²) in [7, 11) is 0. The van der Waals surface area contributed by atoms with Crippen LogP contribution in [0.3, 0.4) is 0 Å². The van der Waals surface area contributed by atoms with Crippen LogP contribution in [0.1, 0.15) is 17.2 Å². The van der Waals surface area contributed by atoms with Crippen molar-refractivity contribution in [2.24, 2.45) is 5.73 Å². The molecule has 1 atom stereocenters. The molecular weight excluding hydrogens is 251 g/mol. The molecule has 2 rings (SSSR count). The van der Waals surface area contributed by atoms with Crippen LogP contribution in [0.2, 0.25) is 0 Å². The first-order valence-electron chi connectivity index (χ1n) is 5.33. The molecule has 0 aliphatic carbocycles. The van der Waals surface area contributed by atoms with Gasteiger partial charge in [-0.15, -0.1) is 0 Å². The number of fused-ring (bicyclic) bond motifs is 1. The van der Waals surface area contributed by atoms with Gasteiger partial charge in [0.05, 0.1) is 6.10 Å². The molecule has 0 amide bonds. The van der Waals surface area contributed by atoms with E-state index in [0.29, 0.717) is 0 Å². The maximum Gasteiger partial charge on any atom is 0.420 e. The predicted octanol–water partition coefficient (Wildman–Crippen LogP) is 1.47. The summed E-state index contributed by atoms with van der Waals surface area (Å²) in [5.74, 6) is -0.451. The number of aliphatic hydroxyl groups excluding tert-OH is 1. The summed E-state index contributed by atoms with van der Waals surface area (Å²) in [6.07, 6.45) is -5.61. The summed E-state index contributed by atoms with van der Waals surface area (Å²) in [5, 5.41) is 9.64. The molecule has 0 bridgehead atoms. The van der Waals surface area contributed by atoms with Gasteiger partial charge >= 0.3 is 6.18 Å². The Bertz CT molecular complexity index is 448. The molecule has 1 heterocycles. The van der Waals surface area contributed by atoms with Gasteiger partial charge in [-0.05, 0) is 6.07 Å². The van der Waals surface area contributed by atoms with E-state index in [1.54, 1.807) is 0 Å². The van der Waals surface area contributed by atoms with E-state index >= 15 is 0 Å². The van der Waals surface area contributed by atoms with Crippen molar-refractivity contribution in [1.82, 2.24) is 0 Å². The van der Waals surface area contributed by atoms with Crippen LogP contribution in [0, 0.1) is 0 Å². The highest BCUT2D eigenvalue weighted by atomic mass is 19.4. The first-order valence-corrected chi connectivity index (χ1v) is 5.33. The van der Waals surface area contributed by atoms with Gasteiger partial charge < -0.3 is 20.3 Å². The molecule has 1 aliphatic rings. The minimum absolute atomic E-state index is 0.0399. The van der Waals surface area contributed by atoms with E-state index in [1.807, 2.05) is 0 Å². The fourth-order valence-corrected chi connectivity index (χ4v) is 1.77. The lowest BCUT2D eigenvalue weighted by Gasteiger charge is -2.25. The number of hydrogen-bond acceptors (Lipinski definition) is 4. The minimum atomic E-state index is -4.53. The van der Waals surface area contributed by atoms with Gasteiger partial charge in [-0.25, -0.2) is 0 Å². The number of alkyl halides is 3. The van der Waals surface area contributed by atoms with Gasteiger partial charge in [-0.1, -0.05) is 6.07 Å². The average molecular weight is 263 g/mol. The van der Waals surface area contributed by atoms with Crippen molar-refractivity contribution >= 4 is 0 Å². The Morgan fingerprint density at radius 3 is 2.39 bits per heavy atom. The standard InChI is InChI=1S/C11H12F3NO3/c12-11(13,14)7-2-1-6(8(16)5-15)9-10(7)18-4-3-17-9/h1-2,8,16H,3-5,15H2. The largest absolute Gasteiger partial charge is 0.486 e. The summed E-state index contributed by atoms with van der Waals surface area (Å²) in [6, 6.07) is 2.02. The van der Waals surface area contributed by atoms with Crippen LogP contribution in [0.15, 0.2) is 12.1 Å². The van der Waals surface area contributed by atoms with Crippen molar-refractivity contribution in [3.63, 3.8) is 0 Å². The molecular formula is C11H12F3NO3. The molecule has 7 heteroatoms. The quantitative estimate of drug-likeness (QED) is 0.848. The fourth-order valence-electron chi connectivity index (χ4n) is 1.77. The van der Waals surface area contributed by atoms with Gasteiger partial charge in [0.2, 0.25) is 0 Å². The van der Waals surface area contributed by atoms with Crippen LogP contribution in [0.4, 0.5) is 13.2 Å². The first kappa shape index (κ1) is 13.0. The van der Waals surface area contributed by atoms with Crippen molar-refractivity contribution in [1.29, 1.82) is 0 Å². The van der Waals surface area contributed by atoms with Crippen LogP contribution < -0.4 is 15.2 Å². The van der Waals surface area contributed by atoms with Gasteiger partial charge in [0.15, 0.2) is 11.5 Å². The number of halogens is 3. The molecule has 1 aliphatic heterocycles. The van der Waals surface area contributed by atoms with Crippen molar-refractivity contribution in [3.05, 3.63) is 23.3 Å². The number of rotatable bonds is 2. The topological polar surface area (TPSA) is 64.7 Å². The lowest BCUT2D eigenvalue weighted by Crippen LogP contribution is -2.22. The highest BCUT2D eigenvalue weighted by molar-refractivity contribution is 5.54. The van der Waals surface area contributed by atoms with E-state index in [2.05, 4.69) is 0 Å². The van der Waals surface area contributed by atoms with Crippen molar-refractivity contribution in [2.75, 3.05) is 19.8 Å². The fraction of sp³-hybridized carbons (Fsp3) is 0.455. The van der Waals surface area contributed by atoms with Crippen LogP contribution >= 0.6 is 0 Å². The van der Waals surface area contributed by atoms with Crippen LogP contribution in [-0.2, 0) is 6.18 Å². The van der Waals surface area contributed by atoms with Gasteiger partial charge in [-0.3, -0.25) is 0 Å². The molecule has 0 saturated carbocycles. The zero-order valence-electron chi connectivity index (χ0n) is 9.33. The third-order valence-electron chi connectivity index (χ3n) is 2.61.